The minimum Gasteiger partial charge on any atom is -0.492 e. The Morgan fingerprint density at radius 1 is 0.743 bits per heavy atom. The van der Waals surface area contributed by atoms with Crippen LogP contribution >= 0.6 is 0 Å². The largest absolute Gasteiger partial charge is 0.492 e. The van der Waals surface area contributed by atoms with E-state index in [1.807, 2.05) is 50.2 Å². The Labute approximate surface area is 199 Å². The van der Waals surface area contributed by atoms with Crippen molar-refractivity contribution in [3.63, 3.8) is 0 Å². The van der Waals surface area contributed by atoms with Crippen LogP contribution in [0.4, 0.5) is 0 Å². The number of carbonyl (C=O) groups is 2. The number of aromatic hydroxyl groups is 2. The van der Waals surface area contributed by atoms with Gasteiger partial charge in [-0.15, -0.1) is 4.73 Å². The molecule has 2 N–H and O–H groups in total. The van der Waals surface area contributed by atoms with Crippen molar-refractivity contribution in [1.29, 1.82) is 0 Å². The van der Waals surface area contributed by atoms with E-state index >= 15 is 0 Å². The Kier molecular flexibility index (Phi) is 5.33. The van der Waals surface area contributed by atoms with Crippen molar-refractivity contribution < 1.29 is 29.4 Å². The first-order valence-electron chi connectivity index (χ1n) is 10.8. The van der Waals surface area contributed by atoms with Crippen molar-refractivity contribution in [3.05, 3.63) is 95.1 Å². The quantitative estimate of drug-likeness (QED) is 0.223. The molecule has 0 aliphatic heterocycles. The van der Waals surface area contributed by atoms with Crippen molar-refractivity contribution in [2.75, 3.05) is 0 Å². The number of pyridine rings is 1. The van der Waals surface area contributed by atoms with E-state index in [9.17, 15) is 19.8 Å². The van der Waals surface area contributed by atoms with Gasteiger partial charge in [0.25, 0.3) is 0 Å². The number of hydrogen-bond acceptors (Lipinski definition) is 7. The van der Waals surface area contributed by atoms with Crippen LogP contribution in [0.1, 0.15) is 31.8 Å². The fourth-order valence-corrected chi connectivity index (χ4v) is 3.84. The molecule has 8 nitrogen and oxygen atoms in total. The number of hydrogen-bond donors (Lipinski definition) is 2. The van der Waals surface area contributed by atoms with Gasteiger partial charge in [-0.3, -0.25) is 0 Å². The van der Waals surface area contributed by atoms with E-state index in [4.69, 9.17) is 14.6 Å². The lowest BCUT2D eigenvalue weighted by Crippen LogP contribution is -2.19. The number of nitrogens with zero attached hydrogens (tertiary/aromatic N) is 2. The van der Waals surface area contributed by atoms with Gasteiger partial charge in [0.2, 0.25) is 11.8 Å². The Morgan fingerprint density at radius 2 is 1.40 bits per heavy atom. The molecule has 0 amide bonds. The topological polar surface area (TPSA) is 111 Å². The molecule has 0 aliphatic rings. The SMILES string of the molecule is Cc1ccc2c(C(=O)Oc3ccc(C(=O)On4c(O)ccc4O)cc3)c3cc(C)ccc3nc2c1. The van der Waals surface area contributed by atoms with Crippen LogP contribution in [0.15, 0.2) is 72.8 Å². The third-order valence-electron chi connectivity index (χ3n) is 5.56. The Morgan fingerprint density at radius 3 is 2.11 bits per heavy atom. The van der Waals surface area contributed by atoms with Crippen LogP contribution < -0.4 is 9.57 Å². The zero-order chi connectivity index (χ0) is 24.7. The van der Waals surface area contributed by atoms with E-state index in [1.54, 1.807) is 0 Å². The average Bonchev–Trinajstić information content (AvgIpc) is 3.15. The molecule has 0 atom stereocenters. The van der Waals surface area contributed by atoms with Gasteiger partial charge in [-0.2, -0.15) is 0 Å². The number of benzene rings is 3. The third-order valence-corrected chi connectivity index (χ3v) is 5.56. The monoisotopic (exact) mass is 468 g/mol. The third kappa shape index (κ3) is 4.13. The summed E-state index contributed by atoms with van der Waals surface area (Å²) in [5.74, 6) is -1.99. The first-order chi connectivity index (χ1) is 16.8. The standard InChI is InChI=1S/C27H20N2O6/c1-15-4-10-21-20(13-15)25(19-9-3-16(2)14-22(19)28-21)27(33)34-18-7-5-17(6-8-18)26(32)35-29-23(30)11-12-24(29)31/h3-14,30-31H,1-2H3. The molecule has 0 bridgehead atoms. The van der Waals surface area contributed by atoms with Gasteiger partial charge < -0.3 is 19.8 Å². The van der Waals surface area contributed by atoms with E-state index in [2.05, 4.69) is 0 Å². The zero-order valence-electron chi connectivity index (χ0n) is 18.9. The van der Waals surface area contributed by atoms with Crippen molar-refractivity contribution in [1.82, 2.24) is 9.71 Å². The van der Waals surface area contributed by atoms with Crippen molar-refractivity contribution in [2.24, 2.45) is 0 Å². The maximum absolute atomic E-state index is 13.3. The predicted molar refractivity (Wildman–Crippen MR) is 129 cm³/mol. The molecule has 2 heterocycles. The summed E-state index contributed by atoms with van der Waals surface area (Å²) in [6.07, 6.45) is 0. The number of carbonyl (C=O) groups excluding carboxylic acids is 2. The molecule has 0 radical (unpaired) electrons. The number of ether oxygens (including phenoxy) is 1. The molecule has 0 saturated carbocycles. The number of fused-ring (bicyclic) bond motifs is 2. The molecule has 5 rings (SSSR count). The predicted octanol–water partition coefficient (Wildman–Crippen LogP) is 4.71. The van der Waals surface area contributed by atoms with Crippen LogP contribution in [-0.4, -0.2) is 31.9 Å². The summed E-state index contributed by atoms with van der Waals surface area (Å²) in [4.78, 5) is 35.4. The van der Waals surface area contributed by atoms with Gasteiger partial charge in [0, 0.05) is 22.9 Å². The molecule has 174 valence electrons. The second-order valence-electron chi connectivity index (χ2n) is 8.16. The lowest BCUT2D eigenvalue weighted by atomic mass is 10.00. The lowest BCUT2D eigenvalue weighted by Gasteiger charge is -2.12. The minimum absolute atomic E-state index is 0.128. The maximum atomic E-state index is 13.3. The summed E-state index contributed by atoms with van der Waals surface area (Å²) >= 11 is 0. The first kappa shape index (κ1) is 22.0. The molecule has 0 spiro atoms. The summed E-state index contributed by atoms with van der Waals surface area (Å²) in [7, 11) is 0. The van der Waals surface area contributed by atoms with Gasteiger partial charge in [-0.05, 0) is 61.9 Å². The number of aromatic nitrogens is 2. The lowest BCUT2D eigenvalue weighted by molar-refractivity contribution is 0.0381. The van der Waals surface area contributed by atoms with Gasteiger partial charge >= 0.3 is 11.9 Å². The maximum Gasteiger partial charge on any atom is 0.363 e. The minimum atomic E-state index is -0.818. The molecule has 3 aromatic carbocycles. The molecule has 5 aromatic rings. The highest BCUT2D eigenvalue weighted by molar-refractivity contribution is 6.15. The highest BCUT2D eigenvalue weighted by Crippen LogP contribution is 2.29. The van der Waals surface area contributed by atoms with Crippen LogP contribution in [0.25, 0.3) is 21.8 Å². The average molecular weight is 468 g/mol. The van der Waals surface area contributed by atoms with Crippen LogP contribution in [-0.2, 0) is 0 Å². The van der Waals surface area contributed by atoms with E-state index in [-0.39, 0.29) is 11.3 Å². The Bertz CT molecular complexity index is 1600. The van der Waals surface area contributed by atoms with Crippen molar-refractivity contribution in [3.8, 4) is 17.5 Å². The fraction of sp³-hybridized carbons (Fsp3) is 0.0741. The molecule has 0 unspecified atom stereocenters. The fourth-order valence-electron chi connectivity index (χ4n) is 3.84. The van der Waals surface area contributed by atoms with Crippen molar-refractivity contribution in [2.45, 2.75) is 13.8 Å². The first-order valence-corrected chi connectivity index (χ1v) is 10.8. The molecule has 0 fully saturated rings. The Hall–Kier alpha value is -4.85. The smallest absolute Gasteiger partial charge is 0.363 e. The van der Waals surface area contributed by atoms with E-state index in [0.717, 1.165) is 11.1 Å². The highest BCUT2D eigenvalue weighted by atomic mass is 16.7. The van der Waals surface area contributed by atoms with Gasteiger partial charge in [-0.25, -0.2) is 14.6 Å². The second kappa shape index (κ2) is 8.49. The van der Waals surface area contributed by atoms with E-state index in [1.165, 1.54) is 36.4 Å². The molecule has 35 heavy (non-hydrogen) atoms. The summed E-state index contributed by atoms with van der Waals surface area (Å²) in [6.45, 7) is 3.91. The molecule has 2 aromatic heterocycles. The van der Waals surface area contributed by atoms with Gasteiger partial charge in [-0.1, -0.05) is 23.8 Å². The van der Waals surface area contributed by atoms with E-state index in [0.29, 0.717) is 32.1 Å². The molecule has 0 saturated heterocycles. The number of rotatable bonds is 4. The van der Waals surface area contributed by atoms with Crippen LogP contribution in [0.5, 0.6) is 17.5 Å². The van der Waals surface area contributed by atoms with Crippen LogP contribution in [0, 0.1) is 13.8 Å². The molecule has 8 heteroatoms. The van der Waals surface area contributed by atoms with Gasteiger partial charge in [0.15, 0.2) is 0 Å². The second-order valence-corrected chi connectivity index (χ2v) is 8.16. The van der Waals surface area contributed by atoms with E-state index < -0.39 is 23.7 Å². The molecular weight excluding hydrogens is 448 g/mol. The normalized spacial score (nSPS) is 11.0. The van der Waals surface area contributed by atoms with Gasteiger partial charge in [0.1, 0.15) is 5.75 Å². The number of esters is 1. The van der Waals surface area contributed by atoms with Crippen LogP contribution in [0.2, 0.25) is 0 Å². The summed E-state index contributed by atoms with van der Waals surface area (Å²) in [5, 5.41) is 20.6. The summed E-state index contributed by atoms with van der Waals surface area (Å²) in [5.41, 5.74) is 3.94. The zero-order valence-corrected chi connectivity index (χ0v) is 18.9. The molecular formula is C27H20N2O6. The summed E-state index contributed by atoms with van der Waals surface area (Å²) in [6, 6.07) is 19.6. The molecule has 0 aliphatic carbocycles. The number of aryl methyl sites for hydroxylation is 2. The van der Waals surface area contributed by atoms with Gasteiger partial charge in [0.05, 0.1) is 22.2 Å². The van der Waals surface area contributed by atoms with Crippen molar-refractivity contribution >= 4 is 33.7 Å². The summed E-state index contributed by atoms with van der Waals surface area (Å²) < 4.78 is 6.26. The highest BCUT2D eigenvalue weighted by Gasteiger charge is 2.19. The Balaban J connectivity index is 1.45. The van der Waals surface area contributed by atoms with Crippen LogP contribution in [0.3, 0.4) is 0 Å².